The van der Waals surface area contributed by atoms with Crippen molar-refractivity contribution in [1.29, 1.82) is 0 Å². The lowest BCUT2D eigenvalue weighted by Gasteiger charge is -2.23. The molecule has 6 heteroatoms. The van der Waals surface area contributed by atoms with Crippen LogP contribution in [0.15, 0.2) is 42.6 Å². The van der Waals surface area contributed by atoms with E-state index in [1.807, 2.05) is 37.3 Å². The van der Waals surface area contributed by atoms with Gasteiger partial charge in [0.15, 0.2) is 0 Å². The van der Waals surface area contributed by atoms with Crippen LogP contribution in [0.5, 0.6) is 0 Å². The highest BCUT2D eigenvalue weighted by molar-refractivity contribution is 6.33. The second-order valence-corrected chi connectivity index (χ2v) is 8.10. The highest BCUT2D eigenvalue weighted by Crippen LogP contribution is 2.34. The molecule has 0 saturated carbocycles. The van der Waals surface area contributed by atoms with E-state index in [4.69, 9.17) is 17.3 Å². The predicted octanol–water partition coefficient (Wildman–Crippen LogP) is 4.18. The Morgan fingerprint density at radius 1 is 1.28 bits per heavy atom. The number of nitrogens with zero attached hydrogens (tertiary/aromatic N) is 1. The highest BCUT2D eigenvalue weighted by atomic mass is 35.5. The van der Waals surface area contributed by atoms with E-state index >= 15 is 0 Å². The predicted molar refractivity (Wildman–Crippen MR) is 119 cm³/mol. The molecule has 3 aromatic rings. The quantitative estimate of drug-likeness (QED) is 0.605. The molecule has 1 fully saturated rings. The number of benzene rings is 2. The van der Waals surface area contributed by atoms with Gasteiger partial charge in [-0.2, -0.15) is 0 Å². The molecule has 5 nitrogen and oxygen atoms in total. The summed E-state index contributed by atoms with van der Waals surface area (Å²) in [5, 5.41) is 8.81. The Hall–Kier alpha value is -2.63. The van der Waals surface area contributed by atoms with E-state index in [9.17, 15) is 4.79 Å². The molecule has 0 atom stereocenters. The number of piperidine rings is 1. The van der Waals surface area contributed by atoms with Gasteiger partial charge >= 0.3 is 0 Å². The third-order valence-electron chi connectivity index (χ3n) is 5.62. The van der Waals surface area contributed by atoms with Crippen molar-refractivity contribution in [2.24, 2.45) is 5.92 Å². The molecule has 1 aromatic heterocycles. The minimum atomic E-state index is -0.0920. The van der Waals surface area contributed by atoms with Crippen LogP contribution in [-0.4, -0.2) is 30.5 Å². The van der Waals surface area contributed by atoms with Crippen molar-refractivity contribution in [3.05, 3.63) is 58.7 Å². The number of rotatable bonds is 4. The smallest absolute Gasteiger partial charge is 0.251 e. The minimum Gasteiger partial charge on any atom is -0.384 e. The highest BCUT2D eigenvalue weighted by Gasteiger charge is 2.18. The second-order valence-electron chi connectivity index (χ2n) is 7.69. The molecule has 0 unspecified atom stereocenters. The molecule has 4 N–H and O–H groups in total. The average molecular weight is 409 g/mol. The number of nitrogen functional groups attached to an aromatic ring is 1. The van der Waals surface area contributed by atoms with Crippen LogP contribution in [0.3, 0.4) is 0 Å². The molecule has 4 rings (SSSR count). The third-order valence-corrected chi connectivity index (χ3v) is 5.94. The summed E-state index contributed by atoms with van der Waals surface area (Å²) in [6, 6.07) is 11.5. The number of nitrogens with one attached hydrogen (secondary N) is 2. The van der Waals surface area contributed by atoms with Crippen LogP contribution < -0.4 is 16.4 Å². The first kappa shape index (κ1) is 19.7. The summed E-state index contributed by atoms with van der Waals surface area (Å²) in [6.07, 6.45) is 3.87. The number of aromatic nitrogens is 1. The van der Waals surface area contributed by atoms with Crippen LogP contribution >= 0.6 is 11.6 Å². The summed E-state index contributed by atoms with van der Waals surface area (Å²) in [6.45, 7) is 4.71. The van der Waals surface area contributed by atoms with Gasteiger partial charge < -0.3 is 16.4 Å². The molecule has 0 bridgehead atoms. The number of aryl methyl sites for hydroxylation is 1. The fourth-order valence-electron chi connectivity index (χ4n) is 4.02. The fourth-order valence-corrected chi connectivity index (χ4v) is 4.35. The Kier molecular flexibility index (Phi) is 5.69. The van der Waals surface area contributed by atoms with Crippen LogP contribution in [0.1, 0.15) is 28.8 Å². The Bertz CT molecular complexity index is 1040. The maximum atomic E-state index is 13.1. The van der Waals surface area contributed by atoms with E-state index < -0.39 is 0 Å². The molecule has 2 heterocycles. The summed E-state index contributed by atoms with van der Waals surface area (Å²) < 4.78 is 0. The lowest BCUT2D eigenvalue weighted by atomic mass is 9.94. The van der Waals surface area contributed by atoms with E-state index in [2.05, 4.69) is 15.6 Å². The molecule has 0 spiro atoms. The number of carbonyl (C=O) groups excluding carboxylic acids is 1. The summed E-state index contributed by atoms with van der Waals surface area (Å²) in [4.78, 5) is 17.4. The standard InChI is InChI=1S/C23H25ClN4O/c1-14-3-2-4-20(24)22(14)16-9-17-13-27-21(25)11-18(17)19(10-16)23(29)28-12-15-5-7-26-8-6-15/h2-4,9-11,13,15,26H,5-8,12H2,1H3,(H2,25,27)(H,28,29). The summed E-state index contributed by atoms with van der Waals surface area (Å²) in [5.74, 6) is 0.810. The summed E-state index contributed by atoms with van der Waals surface area (Å²) in [5.41, 5.74) is 9.40. The second kappa shape index (κ2) is 8.39. The zero-order chi connectivity index (χ0) is 20.4. The van der Waals surface area contributed by atoms with Crippen LogP contribution in [0.25, 0.3) is 21.9 Å². The molecule has 29 heavy (non-hydrogen) atoms. The number of hydrogen-bond acceptors (Lipinski definition) is 4. The number of halogens is 1. The van der Waals surface area contributed by atoms with Crippen molar-refractivity contribution < 1.29 is 4.79 Å². The lowest BCUT2D eigenvalue weighted by molar-refractivity contribution is 0.0946. The fraction of sp³-hybridized carbons (Fsp3) is 0.304. The molecule has 1 aliphatic rings. The Morgan fingerprint density at radius 2 is 2.07 bits per heavy atom. The van der Waals surface area contributed by atoms with Crippen LogP contribution in [0.4, 0.5) is 5.82 Å². The SMILES string of the molecule is Cc1cccc(Cl)c1-c1cc(C(=O)NCC2CCNCC2)c2cc(N)ncc2c1. The number of amides is 1. The van der Waals surface area contributed by atoms with Crippen molar-refractivity contribution in [1.82, 2.24) is 15.6 Å². The first-order valence-electron chi connectivity index (χ1n) is 9.96. The maximum absolute atomic E-state index is 13.1. The van der Waals surface area contributed by atoms with Crippen molar-refractivity contribution in [3.63, 3.8) is 0 Å². The van der Waals surface area contributed by atoms with Gasteiger partial charge in [0.2, 0.25) is 0 Å². The largest absolute Gasteiger partial charge is 0.384 e. The zero-order valence-corrected chi connectivity index (χ0v) is 17.2. The van der Waals surface area contributed by atoms with Gasteiger partial charge in [-0.3, -0.25) is 4.79 Å². The average Bonchev–Trinajstić information content (AvgIpc) is 2.72. The number of pyridine rings is 1. The number of fused-ring (bicyclic) bond motifs is 1. The van der Waals surface area contributed by atoms with E-state index in [1.54, 1.807) is 12.3 Å². The molecule has 1 aliphatic heterocycles. The van der Waals surface area contributed by atoms with Crippen LogP contribution in [0.2, 0.25) is 5.02 Å². The van der Waals surface area contributed by atoms with Crippen LogP contribution in [0, 0.1) is 12.8 Å². The Labute approximate surface area is 175 Å². The van der Waals surface area contributed by atoms with E-state index in [1.165, 1.54) is 0 Å². The van der Waals surface area contributed by atoms with Gasteiger partial charge in [-0.05, 0) is 79.6 Å². The summed E-state index contributed by atoms with van der Waals surface area (Å²) in [7, 11) is 0. The van der Waals surface area contributed by atoms with Gasteiger partial charge in [0.25, 0.3) is 5.91 Å². The van der Waals surface area contributed by atoms with Gasteiger partial charge in [-0.25, -0.2) is 4.98 Å². The number of carbonyl (C=O) groups is 1. The van der Waals surface area contributed by atoms with Crippen molar-refractivity contribution >= 4 is 34.1 Å². The normalized spacial score (nSPS) is 14.8. The molecular formula is C23H25ClN4O. The molecule has 0 aliphatic carbocycles. The van der Waals surface area contributed by atoms with E-state index in [0.29, 0.717) is 28.9 Å². The van der Waals surface area contributed by atoms with Gasteiger partial charge in [0, 0.05) is 34.3 Å². The van der Waals surface area contributed by atoms with Gasteiger partial charge in [-0.1, -0.05) is 23.7 Å². The molecule has 2 aromatic carbocycles. The van der Waals surface area contributed by atoms with Crippen LogP contribution in [-0.2, 0) is 0 Å². The first-order valence-corrected chi connectivity index (χ1v) is 10.3. The first-order chi connectivity index (χ1) is 14.0. The summed E-state index contributed by atoms with van der Waals surface area (Å²) >= 11 is 6.49. The van der Waals surface area contributed by atoms with E-state index in [-0.39, 0.29) is 5.91 Å². The van der Waals surface area contributed by atoms with Crippen molar-refractivity contribution in [2.45, 2.75) is 19.8 Å². The zero-order valence-electron chi connectivity index (χ0n) is 16.5. The Morgan fingerprint density at radius 3 is 2.83 bits per heavy atom. The van der Waals surface area contributed by atoms with Gasteiger partial charge in [0.05, 0.1) is 0 Å². The monoisotopic (exact) mass is 408 g/mol. The molecule has 1 amide bonds. The Balaban J connectivity index is 1.74. The van der Waals surface area contributed by atoms with Gasteiger partial charge in [0.1, 0.15) is 5.82 Å². The van der Waals surface area contributed by atoms with E-state index in [0.717, 1.165) is 53.4 Å². The third kappa shape index (κ3) is 4.21. The topological polar surface area (TPSA) is 80.0 Å². The van der Waals surface area contributed by atoms with Crippen molar-refractivity contribution in [2.75, 3.05) is 25.4 Å². The maximum Gasteiger partial charge on any atom is 0.251 e. The number of hydrogen-bond donors (Lipinski definition) is 3. The minimum absolute atomic E-state index is 0.0920. The number of anilines is 1. The van der Waals surface area contributed by atoms with Gasteiger partial charge in [-0.15, -0.1) is 0 Å². The molecule has 1 saturated heterocycles. The van der Waals surface area contributed by atoms with Crippen molar-refractivity contribution in [3.8, 4) is 11.1 Å². The lowest BCUT2D eigenvalue weighted by Crippen LogP contribution is -2.36. The molecule has 0 radical (unpaired) electrons. The molecule has 150 valence electrons. The molecular weight excluding hydrogens is 384 g/mol. The number of nitrogens with two attached hydrogens (primary N) is 1.